The zero-order valence-electron chi connectivity index (χ0n) is 10.0. The molecule has 0 amide bonds. The second-order valence-electron chi connectivity index (χ2n) is 3.83. The summed E-state index contributed by atoms with van der Waals surface area (Å²) in [7, 11) is 0. The van der Waals surface area contributed by atoms with Crippen LogP contribution in [0.1, 0.15) is 23.7 Å². The number of carbonyl (C=O) groups is 1. The molecule has 18 heavy (non-hydrogen) atoms. The summed E-state index contributed by atoms with van der Waals surface area (Å²) < 4.78 is 0. The number of hydrogen-bond donors (Lipinski definition) is 0. The molecule has 92 valence electrons. The van der Waals surface area contributed by atoms with Crippen molar-refractivity contribution in [3.63, 3.8) is 0 Å². The molecule has 0 saturated carbocycles. The first kappa shape index (κ1) is 13.2. The molecule has 0 aromatic heterocycles. The summed E-state index contributed by atoms with van der Waals surface area (Å²) in [4.78, 5) is 13.9. The zero-order valence-corrected chi connectivity index (χ0v) is 11.6. The highest BCUT2D eigenvalue weighted by Crippen LogP contribution is 2.31. The molecular weight excluding hydrogens is 264 g/mol. The molecule has 0 atom stereocenters. The maximum absolute atomic E-state index is 11.8. The Morgan fingerprint density at radius 2 is 1.78 bits per heavy atom. The molecule has 0 unspecified atom stereocenters. The number of hydrogen-bond acceptors (Lipinski definition) is 2. The third-order valence-corrected chi connectivity index (χ3v) is 3.89. The molecule has 0 saturated heterocycles. The Morgan fingerprint density at radius 3 is 2.44 bits per heavy atom. The molecule has 0 heterocycles. The van der Waals surface area contributed by atoms with Crippen LogP contribution in [-0.4, -0.2) is 5.78 Å². The van der Waals surface area contributed by atoms with Crippen LogP contribution in [0.3, 0.4) is 0 Å². The van der Waals surface area contributed by atoms with E-state index in [1.165, 1.54) is 0 Å². The van der Waals surface area contributed by atoms with Gasteiger partial charge in [0.1, 0.15) is 0 Å². The second-order valence-corrected chi connectivity index (χ2v) is 5.38. The summed E-state index contributed by atoms with van der Waals surface area (Å²) in [6.07, 6.45) is 0.526. The lowest BCUT2D eigenvalue weighted by molar-refractivity contribution is 0.0985. The highest BCUT2D eigenvalue weighted by Gasteiger charge is 2.09. The summed E-state index contributed by atoms with van der Waals surface area (Å²) in [6.45, 7) is 1.88. The Hall–Kier alpha value is -1.25. The molecule has 0 radical (unpaired) electrons. The van der Waals surface area contributed by atoms with Gasteiger partial charge in [0.05, 0.1) is 0 Å². The van der Waals surface area contributed by atoms with E-state index in [4.69, 9.17) is 11.6 Å². The number of carbonyl (C=O) groups excluding carboxylic acids is 1. The summed E-state index contributed by atoms with van der Waals surface area (Å²) in [5.41, 5.74) is 0.792. The van der Waals surface area contributed by atoms with Crippen LogP contribution in [0.2, 0.25) is 5.02 Å². The second kappa shape index (κ2) is 6.07. The van der Waals surface area contributed by atoms with E-state index in [1.807, 2.05) is 55.5 Å². The van der Waals surface area contributed by atoms with E-state index < -0.39 is 0 Å². The highest BCUT2D eigenvalue weighted by molar-refractivity contribution is 7.99. The minimum absolute atomic E-state index is 0.173. The largest absolute Gasteiger partial charge is 0.294 e. The predicted octanol–water partition coefficient (Wildman–Crippen LogP) is 5.08. The van der Waals surface area contributed by atoms with Crippen LogP contribution in [0.25, 0.3) is 0 Å². The first-order chi connectivity index (χ1) is 8.70. The van der Waals surface area contributed by atoms with Crippen LogP contribution in [0, 0.1) is 0 Å². The lowest BCUT2D eigenvalue weighted by atomic mass is 10.1. The average molecular weight is 277 g/mol. The maximum atomic E-state index is 11.8. The van der Waals surface area contributed by atoms with E-state index in [-0.39, 0.29) is 5.78 Å². The van der Waals surface area contributed by atoms with Crippen molar-refractivity contribution in [2.45, 2.75) is 23.1 Å². The first-order valence-electron chi connectivity index (χ1n) is 5.76. The van der Waals surface area contributed by atoms with Gasteiger partial charge in [-0.05, 0) is 30.3 Å². The molecule has 0 N–H and O–H groups in total. The maximum Gasteiger partial charge on any atom is 0.163 e. The predicted molar refractivity (Wildman–Crippen MR) is 76.6 cm³/mol. The van der Waals surface area contributed by atoms with Gasteiger partial charge in [-0.25, -0.2) is 0 Å². The molecule has 0 aliphatic rings. The molecule has 0 bridgehead atoms. The molecule has 1 nitrogen and oxygen atoms in total. The Bertz CT molecular complexity index is 549. The van der Waals surface area contributed by atoms with Gasteiger partial charge in [0.25, 0.3) is 0 Å². The monoisotopic (exact) mass is 276 g/mol. The molecule has 2 aromatic carbocycles. The van der Waals surface area contributed by atoms with Crippen molar-refractivity contribution < 1.29 is 4.79 Å². The third kappa shape index (κ3) is 3.15. The smallest absolute Gasteiger partial charge is 0.163 e. The lowest BCUT2D eigenvalue weighted by Crippen LogP contribution is -1.98. The van der Waals surface area contributed by atoms with Crippen LogP contribution < -0.4 is 0 Å². The van der Waals surface area contributed by atoms with Crippen molar-refractivity contribution in [2.75, 3.05) is 0 Å². The van der Waals surface area contributed by atoms with Crippen LogP contribution in [0.4, 0.5) is 0 Å². The van der Waals surface area contributed by atoms with E-state index in [0.717, 1.165) is 20.4 Å². The van der Waals surface area contributed by atoms with Crippen LogP contribution >= 0.6 is 23.4 Å². The molecule has 0 fully saturated rings. The molecule has 3 heteroatoms. The number of halogens is 1. The Balaban J connectivity index is 2.28. The van der Waals surface area contributed by atoms with Crippen LogP contribution in [-0.2, 0) is 0 Å². The Labute approximate surface area is 116 Å². The van der Waals surface area contributed by atoms with E-state index in [2.05, 4.69) is 0 Å². The van der Waals surface area contributed by atoms with Crippen molar-refractivity contribution in [3.05, 3.63) is 59.1 Å². The van der Waals surface area contributed by atoms with E-state index in [9.17, 15) is 4.79 Å². The standard InChI is InChI=1S/C15H13ClOS/c1-2-14(17)13-5-3-4-6-15(13)18-12-9-7-11(16)8-10-12/h3-10H,2H2,1H3. The van der Waals surface area contributed by atoms with Crippen molar-refractivity contribution in [2.24, 2.45) is 0 Å². The topological polar surface area (TPSA) is 17.1 Å². The van der Waals surface area contributed by atoms with Gasteiger partial charge in [-0.15, -0.1) is 0 Å². The van der Waals surface area contributed by atoms with E-state index in [0.29, 0.717) is 6.42 Å². The minimum atomic E-state index is 0.173. The van der Waals surface area contributed by atoms with Crippen LogP contribution in [0.15, 0.2) is 58.3 Å². The molecule has 2 aromatic rings. The SMILES string of the molecule is CCC(=O)c1ccccc1Sc1ccc(Cl)cc1. The third-order valence-electron chi connectivity index (χ3n) is 2.55. The minimum Gasteiger partial charge on any atom is -0.294 e. The fourth-order valence-electron chi connectivity index (χ4n) is 1.61. The average Bonchev–Trinajstić information content (AvgIpc) is 2.41. The summed E-state index contributed by atoms with van der Waals surface area (Å²) >= 11 is 7.44. The highest BCUT2D eigenvalue weighted by atomic mass is 35.5. The molecule has 2 rings (SSSR count). The zero-order chi connectivity index (χ0) is 13.0. The Morgan fingerprint density at radius 1 is 1.11 bits per heavy atom. The quantitative estimate of drug-likeness (QED) is 0.724. The van der Waals surface area contributed by atoms with Crippen molar-refractivity contribution in [1.29, 1.82) is 0 Å². The van der Waals surface area contributed by atoms with Crippen molar-refractivity contribution in [1.82, 2.24) is 0 Å². The number of Topliss-reactive ketones (excluding diaryl/α,β-unsaturated/α-hetero) is 1. The normalized spacial score (nSPS) is 10.3. The van der Waals surface area contributed by atoms with Gasteiger partial charge in [0.2, 0.25) is 0 Å². The fourth-order valence-corrected chi connectivity index (χ4v) is 2.70. The first-order valence-corrected chi connectivity index (χ1v) is 6.96. The van der Waals surface area contributed by atoms with Gasteiger partial charge in [-0.1, -0.05) is 48.5 Å². The van der Waals surface area contributed by atoms with Gasteiger partial charge in [-0.2, -0.15) is 0 Å². The summed E-state index contributed by atoms with van der Waals surface area (Å²) in [6, 6.07) is 15.3. The number of benzene rings is 2. The lowest BCUT2D eigenvalue weighted by Gasteiger charge is -2.07. The van der Waals surface area contributed by atoms with E-state index in [1.54, 1.807) is 11.8 Å². The van der Waals surface area contributed by atoms with Gasteiger partial charge < -0.3 is 0 Å². The summed E-state index contributed by atoms with van der Waals surface area (Å²) in [5.74, 6) is 0.173. The Kier molecular flexibility index (Phi) is 4.45. The van der Waals surface area contributed by atoms with Gasteiger partial charge >= 0.3 is 0 Å². The van der Waals surface area contributed by atoms with E-state index >= 15 is 0 Å². The number of ketones is 1. The van der Waals surface area contributed by atoms with Crippen LogP contribution in [0.5, 0.6) is 0 Å². The van der Waals surface area contributed by atoms with Crippen molar-refractivity contribution >= 4 is 29.1 Å². The molecular formula is C15H13ClOS. The number of rotatable bonds is 4. The molecule has 0 aliphatic heterocycles. The van der Waals surface area contributed by atoms with Gasteiger partial charge in [-0.3, -0.25) is 4.79 Å². The fraction of sp³-hybridized carbons (Fsp3) is 0.133. The van der Waals surface area contributed by atoms with Crippen molar-refractivity contribution in [3.8, 4) is 0 Å². The van der Waals surface area contributed by atoms with Gasteiger partial charge in [0.15, 0.2) is 5.78 Å². The van der Waals surface area contributed by atoms with Gasteiger partial charge in [0, 0.05) is 26.8 Å². The molecule has 0 aliphatic carbocycles. The molecule has 0 spiro atoms. The summed E-state index contributed by atoms with van der Waals surface area (Å²) in [5, 5.41) is 0.720.